The molecule has 1 saturated heterocycles. The Hall–Kier alpha value is -1.86. The Morgan fingerprint density at radius 1 is 1.00 bits per heavy atom. The van der Waals surface area contributed by atoms with Crippen LogP contribution in [-0.2, 0) is 13.2 Å². The van der Waals surface area contributed by atoms with Gasteiger partial charge in [-0.25, -0.2) is 14.6 Å². The fraction of sp³-hybridized carbons (Fsp3) is 0.684. The third kappa shape index (κ3) is 4.10. The van der Waals surface area contributed by atoms with E-state index >= 15 is 0 Å². The summed E-state index contributed by atoms with van der Waals surface area (Å²) in [6.45, 7) is 2.93. The Kier molecular flexibility index (Phi) is 5.55. The van der Waals surface area contributed by atoms with Crippen LogP contribution in [0.4, 0.5) is 0 Å². The summed E-state index contributed by atoms with van der Waals surface area (Å²) in [6.07, 6.45) is 14.5. The first-order chi connectivity index (χ1) is 12.8. The molecule has 1 aliphatic heterocycles. The summed E-state index contributed by atoms with van der Waals surface area (Å²) in [6, 6.07) is 0.379. The van der Waals surface area contributed by atoms with Gasteiger partial charge >= 0.3 is 0 Å². The predicted octanol–water partition coefficient (Wildman–Crippen LogP) is 2.45. The van der Waals surface area contributed by atoms with Crippen molar-refractivity contribution in [1.29, 1.82) is 0 Å². The predicted molar refractivity (Wildman–Crippen MR) is 97.4 cm³/mol. The number of aliphatic hydroxyl groups is 1. The standard InChI is InChI=1S/C19H28N6O/c26-14-17-13-25(23-22-17)18-6-8-24(9-7-18)12-15-10-20-19(21-11-15)16-4-2-1-3-5-16/h10-11,13,16,18,26H,1-9,12,14H2. The maximum Gasteiger partial charge on any atom is 0.131 e. The molecule has 0 radical (unpaired) electrons. The SMILES string of the molecule is OCc1cn(C2CCN(Cc3cnc(C4CCCCC4)nc3)CC2)nn1. The van der Waals surface area contributed by atoms with E-state index in [9.17, 15) is 0 Å². The molecule has 2 aromatic heterocycles. The molecule has 7 nitrogen and oxygen atoms in total. The molecule has 2 aliphatic rings. The van der Waals surface area contributed by atoms with Crippen LogP contribution in [0.5, 0.6) is 0 Å². The molecule has 1 saturated carbocycles. The van der Waals surface area contributed by atoms with Crippen LogP contribution in [0, 0.1) is 0 Å². The van der Waals surface area contributed by atoms with Crippen molar-refractivity contribution in [2.45, 2.75) is 70.1 Å². The molecule has 0 bridgehead atoms. The molecule has 0 unspecified atom stereocenters. The summed E-state index contributed by atoms with van der Waals surface area (Å²) >= 11 is 0. The van der Waals surface area contributed by atoms with E-state index in [0.717, 1.165) is 38.3 Å². The van der Waals surface area contributed by atoms with Crippen LogP contribution >= 0.6 is 0 Å². The highest BCUT2D eigenvalue weighted by molar-refractivity contribution is 5.08. The largest absolute Gasteiger partial charge is 0.390 e. The molecule has 0 atom stereocenters. The Labute approximate surface area is 154 Å². The lowest BCUT2D eigenvalue weighted by atomic mass is 9.89. The number of aromatic nitrogens is 5. The van der Waals surface area contributed by atoms with Crippen molar-refractivity contribution < 1.29 is 5.11 Å². The van der Waals surface area contributed by atoms with Gasteiger partial charge in [0.25, 0.3) is 0 Å². The average molecular weight is 356 g/mol. The van der Waals surface area contributed by atoms with Gasteiger partial charge in [-0.15, -0.1) is 5.10 Å². The van der Waals surface area contributed by atoms with Crippen molar-refractivity contribution in [3.63, 3.8) is 0 Å². The van der Waals surface area contributed by atoms with Crippen LogP contribution in [0.25, 0.3) is 0 Å². The first-order valence-electron chi connectivity index (χ1n) is 9.86. The average Bonchev–Trinajstić information content (AvgIpc) is 3.19. The van der Waals surface area contributed by atoms with Crippen LogP contribution < -0.4 is 0 Å². The van der Waals surface area contributed by atoms with Gasteiger partial charge in [0.05, 0.1) is 18.8 Å². The van der Waals surface area contributed by atoms with Gasteiger partial charge in [0.2, 0.25) is 0 Å². The van der Waals surface area contributed by atoms with E-state index in [1.807, 2.05) is 23.3 Å². The molecule has 0 spiro atoms. The molecule has 26 heavy (non-hydrogen) atoms. The third-order valence-electron chi connectivity index (χ3n) is 5.75. The number of aliphatic hydroxyl groups excluding tert-OH is 1. The molecule has 1 N–H and O–H groups in total. The van der Waals surface area contributed by atoms with Crippen LogP contribution in [0.15, 0.2) is 18.6 Å². The number of likely N-dealkylation sites (tertiary alicyclic amines) is 1. The minimum atomic E-state index is -0.0459. The fourth-order valence-corrected chi connectivity index (χ4v) is 4.18. The number of nitrogens with zero attached hydrogens (tertiary/aromatic N) is 6. The topological polar surface area (TPSA) is 80.0 Å². The van der Waals surface area contributed by atoms with E-state index in [4.69, 9.17) is 5.11 Å². The zero-order chi connectivity index (χ0) is 17.8. The maximum atomic E-state index is 9.12. The second-order valence-electron chi connectivity index (χ2n) is 7.64. The maximum absolute atomic E-state index is 9.12. The summed E-state index contributed by atoms with van der Waals surface area (Å²) in [4.78, 5) is 11.8. The first-order valence-corrected chi connectivity index (χ1v) is 9.86. The Morgan fingerprint density at radius 2 is 1.73 bits per heavy atom. The molecule has 140 valence electrons. The quantitative estimate of drug-likeness (QED) is 0.886. The minimum Gasteiger partial charge on any atom is -0.390 e. The van der Waals surface area contributed by atoms with Crippen LogP contribution in [0.3, 0.4) is 0 Å². The highest BCUT2D eigenvalue weighted by Gasteiger charge is 2.22. The molecular formula is C19H28N6O. The lowest BCUT2D eigenvalue weighted by Gasteiger charge is -2.31. The summed E-state index contributed by atoms with van der Waals surface area (Å²) in [5, 5.41) is 17.2. The van der Waals surface area contributed by atoms with E-state index in [0.29, 0.717) is 17.7 Å². The number of hydrogen-bond acceptors (Lipinski definition) is 6. The molecule has 3 heterocycles. The van der Waals surface area contributed by atoms with Crippen molar-refractivity contribution in [3.05, 3.63) is 35.7 Å². The molecule has 7 heteroatoms. The summed E-state index contributed by atoms with van der Waals surface area (Å²) in [5.74, 6) is 1.61. The third-order valence-corrected chi connectivity index (χ3v) is 5.75. The van der Waals surface area contributed by atoms with E-state index < -0.39 is 0 Å². The lowest BCUT2D eigenvalue weighted by Crippen LogP contribution is -2.34. The van der Waals surface area contributed by atoms with Gasteiger partial charge in [0.15, 0.2) is 0 Å². The highest BCUT2D eigenvalue weighted by Crippen LogP contribution is 2.30. The van der Waals surface area contributed by atoms with E-state index in [1.165, 1.54) is 37.7 Å². The minimum absolute atomic E-state index is 0.0459. The molecule has 0 amide bonds. The smallest absolute Gasteiger partial charge is 0.131 e. The van der Waals surface area contributed by atoms with Gasteiger partial charge < -0.3 is 5.11 Å². The molecule has 4 rings (SSSR count). The van der Waals surface area contributed by atoms with Gasteiger partial charge in [0.1, 0.15) is 11.5 Å². The van der Waals surface area contributed by atoms with Gasteiger partial charge in [-0.1, -0.05) is 24.5 Å². The Bertz CT molecular complexity index is 686. The van der Waals surface area contributed by atoms with Crippen LogP contribution in [0.2, 0.25) is 0 Å². The van der Waals surface area contributed by atoms with Gasteiger partial charge in [-0.05, 0) is 25.7 Å². The molecule has 0 aromatic carbocycles. The van der Waals surface area contributed by atoms with Crippen molar-refractivity contribution in [2.75, 3.05) is 13.1 Å². The highest BCUT2D eigenvalue weighted by atomic mass is 16.3. The number of piperidine rings is 1. The Balaban J connectivity index is 1.28. The zero-order valence-electron chi connectivity index (χ0n) is 15.3. The normalized spacial score (nSPS) is 20.5. The van der Waals surface area contributed by atoms with Crippen molar-refractivity contribution in [1.82, 2.24) is 29.9 Å². The summed E-state index contributed by atoms with van der Waals surface area (Å²) in [7, 11) is 0. The van der Waals surface area contributed by atoms with Gasteiger partial charge in [-0.3, -0.25) is 4.90 Å². The second-order valence-corrected chi connectivity index (χ2v) is 7.64. The van der Waals surface area contributed by atoms with Gasteiger partial charge in [-0.2, -0.15) is 0 Å². The monoisotopic (exact) mass is 356 g/mol. The first kappa shape index (κ1) is 17.5. The second kappa shape index (κ2) is 8.22. The molecule has 1 aliphatic carbocycles. The van der Waals surface area contributed by atoms with Crippen LogP contribution in [-0.4, -0.2) is 48.1 Å². The van der Waals surface area contributed by atoms with E-state index in [-0.39, 0.29) is 6.61 Å². The molecule has 2 fully saturated rings. The summed E-state index contributed by atoms with van der Waals surface area (Å²) < 4.78 is 1.91. The van der Waals surface area contributed by atoms with Crippen molar-refractivity contribution in [2.24, 2.45) is 0 Å². The van der Waals surface area contributed by atoms with E-state index in [2.05, 4.69) is 25.2 Å². The molecular weight excluding hydrogens is 328 g/mol. The van der Waals surface area contributed by atoms with E-state index in [1.54, 1.807) is 0 Å². The van der Waals surface area contributed by atoms with Crippen LogP contribution in [0.1, 0.15) is 74.0 Å². The van der Waals surface area contributed by atoms with Gasteiger partial charge in [0, 0.05) is 43.5 Å². The fourth-order valence-electron chi connectivity index (χ4n) is 4.18. The van der Waals surface area contributed by atoms with Crippen molar-refractivity contribution >= 4 is 0 Å². The lowest BCUT2D eigenvalue weighted by molar-refractivity contribution is 0.172. The Morgan fingerprint density at radius 3 is 2.38 bits per heavy atom. The number of rotatable bonds is 5. The van der Waals surface area contributed by atoms with Crippen molar-refractivity contribution in [3.8, 4) is 0 Å². The number of hydrogen-bond donors (Lipinski definition) is 1. The zero-order valence-corrected chi connectivity index (χ0v) is 15.3. The summed E-state index contributed by atoms with van der Waals surface area (Å²) in [5.41, 5.74) is 1.84. The molecule has 2 aromatic rings.